The van der Waals surface area contributed by atoms with Gasteiger partial charge in [-0.05, 0) is 43.4 Å². The number of phenolic OH excluding ortho intramolecular Hbond substituents is 1. The summed E-state index contributed by atoms with van der Waals surface area (Å²) in [5, 5.41) is 12.9. The highest BCUT2D eigenvalue weighted by atomic mass is 16.5. The lowest BCUT2D eigenvalue weighted by molar-refractivity contribution is -0.151. The highest BCUT2D eigenvalue weighted by Crippen LogP contribution is 2.45. The van der Waals surface area contributed by atoms with Crippen LogP contribution in [0.2, 0.25) is 0 Å². The maximum atomic E-state index is 13.5. The third-order valence-corrected chi connectivity index (χ3v) is 5.63. The molecule has 2 aliphatic rings. The van der Waals surface area contributed by atoms with Gasteiger partial charge in [-0.25, -0.2) is 4.79 Å². The number of carbonyl (C=O) groups excluding carboxylic acids is 3. The van der Waals surface area contributed by atoms with E-state index in [0.717, 1.165) is 0 Å². The van der Waals surface area contributed by atoms with Gasteiger partial charge in [0.1, 0.15) is 11.7 Å². The number of ether oxygens (including phenoxy) is 2. The number of rotatable bonds is 5. The second-order valence-corrected chi connectivity index (χ2v) is 7.76. The molecular weight excluding hydrogens is 386 g/mol. The second-order valence-electron chi connectivity index (χ2n) is 7.76. The molecule has 7 nitrogen and oxygen atoms in total. The Morgan fingerprint density at radius 1 is 1.23 bits per heavy atom. The molecule has 2 N–H and O–H groups in total. The van der Waals surface area contributed by atoms with E-state index >= 15 is 0 Å². The first-order valence-electron chi connectivity index (χ1n) is 10.1. The number of benzene rings is 1. The van der Waals surface area contributed by atoms with E-state index in [-0.39, 0.29) is 24.1 Å². The molecule has 1 heterocycles. The van der Waals surface area contributed by atoms with Gasteiger partial charge in [-0.3, -0.25) is 9.59 Å². The number of allylic oxidation sites excluding steroid dienone is 3. The Kier molecular flexibility index (Phi) is 6.29. The van der Waals surface area contributed by atoms with Gasteiger partial charge >= 0.3 is 11.9 Å². The van der Waals surface area contributed by atoms with E-state index < -0.39 is 23.8 Å². The summed E-state index contributed by atoms with van der Waals surface area (Å²) < 4.78 is 10.3. The molecule has 0 aromatic heterocycles. The van der Waals surface area contributed by atoms with Crippen LogP contribution in [0.3, 0.4) is 0 Å². The Hall–Kier alpha value is -3.09. The van der Waals surface area contributed by atoms with Gasteiger partial charge in [-0.15, -0.1) is 0 Å². The standard InChI is InChI=1S/C23H27NO6/c1-5-10-30-23(28)18-13(3)24-16-11-12(2)17(22(27)29-4)21(26)20(16)19(18)14-6-8-15(25)9-7-14/h6-9,12,17,19,24-25H,5,10-11H2,1-4H3/t12-,17+,19-/m0/s1. The molecule has 3 rings (SSSR count). The van der Waals surface area contributed by atoms with Crippen molar-refractivity contribution in [3.8, 4) is 5.75 Å². The van der Waals surface area contributed by atoms with Crippen LogP contribution in [0, 0.1) is 11.8 Å². The molecule has 0 spiro atoms. The summed E-state index contributed by atoms with van der Waals surface area (Å²) >= 11 is 0. The van der Waals surface area contributed by atoms with Gasteiger partial charge in [0.2, 0.25) is 0 Å². The molecule has 7 heteroatoms. The van der Waals surface area contributed by atoms with Crippen LogP contribution in [0.4, 0.5) is 0 Å². The summed E-state index contributed by atoms with van der Waals surface area (Å²) in [5.41, 5.74) is 2.69. The number of ketones is 1. The number of methoxy groups -OCH3 is 1. The maximum absolute atomic E-state index is 13.5. The van der Waals surface area contributed by atoms with Crippen LogP contribution in [0.15, 0.2) is 46.8 Å². The first-order valence-corrected chi connectivity index (χ1v) is 10.1. The molecule has 1 aromatic carbocycles. The summed E-state index contributed by atoms with van der Waals surface area (Å²) in [6.45, 7) is 5.78. The van der Waals surface area contributed by atoms with Crippen LogP contribution < -0.4 is 5.32 Å². The Morgan fingerprint density at radius 2 is 1.90 bits per heavy atom. The number of phenols is 1. The Labute approximate surface area is 175 Å². The minimum Gasteiger partial charge on any atom is -0.508 e. The zero-order chi connectivity index (χ0) is 22.0. The van der Waals surface area contributed by atoms with Crippen LogP contribution >= 0.6 is 0 Å². The molecule has 0 unspecified atom stereocenters. The van der Waals surface area contributed by atoms with Crippen molar-refractivity contribution in [3.05, 3.63) is 52.4 Å². The van der Waals surface area contributed by atoms with E-state index in [4.69, 9.17) is 9.47 Å². The van der Waals surface area contributed by atoms with Crippen LogP contribution in [0.25, 0.3) is 0 Å². The summed E-state index contributed by atoms with van der Waals surface area (Å²) in [5.74, 6) is -3.22. The molecule has 160 valence electrons. The van der Waals surface area contributed by atoms with Gasteiger partial charge in [0, 0.05) is 22.9 Å². The monoisotopic (exact) mass is 413 g/mol. The number of dihydropyridines is 1. The molecule has 30 heavy (non-hydrogen) atoms. The minimum atomic E-state index is -0.929. The molecule has 0 saturated carbocycles. The van der Waals surface area contributed by atoms with Crippen LogP contribution in [0.1, 0.15) is 45.1 Å². The number of esters is 2. The molecule has 1 aliphatic carbocycles. The van der Waals surface area contributed by atoms with Crippen molar-refractivity contribution in [1.29, 1.82) is 0 Å². The molecule has 0 bridgehead atoms. The summed E-state index contributed by atoms with van der Waals surface area (Å²) in [7, 11) is 1.26. The van der Waals surface area contributed by atoms with E-state index in [2.05, 4.69) is 5.32 Å². The van der Waals surface area contributed by atoms with E-state index in [1.54, 1.807) is 19.1 Å². The predicted molar refractivity (Wildman–Crippen MR) is 109 cm³/mol. The zero-order valence-electron chi connectivity index (χ0n) is 17.7. The van der Waals surface area contributed by atoms with E-state index in [9.17, 15) is 19.5 Å². The topological polar surface area (TPSA) is 102 Å². The van der Waals surface area contributed by atoms with Crippen molar-refractivity contribution in [2.24, 2.45) is 11.8 Å². The largest absolute Gasteiger partial charge is 0.508 e. The molecule has 0 radical (unpaired) electrons. The summed E-state index contributed by atoms with van der Waals surface area (Å²) in [4.78, 5) is 38.8. The lowest BCUT2D eigenvalue weighted by Crippen LogP contribution is -2.43. The van der Waals surface area contributed by atoms with Crippen molar-refractivity contribution >= 4 is 17.7 Å². The normalized spacial score (nSPS) is 23.6. The molecule has 0 saturated heterocycles. The highest BCUT2D eigenvalue weighted by Gasteiger charge is 2.47. The number of carbonyl (C=O) groups is 3. The van der Waals surface area contributed by atoms with Crippen molar-refractivity contribution < 1.29 is 29.0 Å². The van der Waals surface area contributed by atoms with E-state index in [1.165, 1.54) is 19.2 Å². The van der Waals surface area contributed by atoms with E-state index in [1.807, 2.05) is 13.8 Å². The van der Waals surface area contributed by atoms with E-state index in [0.29, 0.717) is 40.9 Å². The van der Waals surface area contributed by atoms with Gasteiger partial charge in [0.15, 0.2) is 5.78 Å². The second kappa shape index (κ2) is 8.73. The van der Waals surface area contributed by atoms with Crippen molar-refractivity contribution in [2.75, 3.05) is 13.7 Å². The fraction of sp³-hybridized carbons (Fsp3) is 0.435. The zero-order valence-corrected chi connectivity index (χ0v) is 17.7. The van der Waals surface area contributed by atoms with Crippen molar-refractivity contribution in [1.82, 2.24) is 5.32 Å². The molecule has 0 amide bonds. The molecule has 3 atom stereocenters. The first-order chi connectivity index (χ1) is 14.3. The minimum absolute atomic E-state index is 0.0775. The summed E-state index contributed by atoms with van der Waals surface area (Å²) in [6, 6.07) is 6.37. The highest BCUT2D eigenvalue weighted by molar-refractivity contribution is 6.12. The average Bonchev–Trinajstić information content (AvgIpc) is 2.71. The summed E-state index contributed by atoms with van der Waals surface area (Å²) in [6.07, 6.45) is 1.15. The molecule has 1 aliphatic heterocycles. The van der Waals surface area contributed by atoms with Crippen LogP contribution in [-0.2, 0) is 23.9 Å². The number of hydrogen-bond donors (Lipinski definition) is 2. The fourth-order valence-corrected chi connectivity index (χ4v) is 4.22. The van der Waals surface area contributed by atoms with Gasteiger partial charge in [0.05, 0.1) is 19.3 Å². The lowest BCUT2D eigenvalue weighted by atomic mass is 9.69. The number of hydrogen-bond acceptors (Lipinski definition) is 7. The Morgan fingerprint density at radius 3 is 2.50 bits per heavy atom. The Balaban J connectivity index is 2.15. The molecular formula is C23H27NO6. The van der Waals surface area contributed by atoms with Gasteiger partial charge in [-0.2, -0.15) is 0 Å². The smallest absolute Gasteiger partial charge is 0.336 e. The predicted octanol–water partition coefficient (Wildman–Crippen LogP) is 2.96. The van der Waals surface area contributed by atoms with Crippen molar-refractivity contribution in [3.63, 3.8) is 0 Å². The van der Waals surface area contributed by atoms with Crippen molar-refractivity contribution in [2.45, 2.75) is 39.5 Å². The van der Waals surface area contributed by atoms with Gasteiger partial charge in [-0.1, -0.05) is 26.0 Å². The first kappa shape index (κ1) is 21.6. The lowest BCUT2D eigenvalue weighted by Gasteiger charge is -2.38. The quantitative estimate of drug-likeness (QED) is 0.565. The number of Topliss-reactive ketones (excluding diaryl/α,β-unsaturated/α-hetero) is 1. The van der Waals surface area contributed by atoms with Gasteiger partial charge < -0.3 is 19.9 Å². The van der Waals surface area contributed by atoms with Gasteiger partial charge in [0.25, 0.3) is 0 Å². The number of nitrogens with one attached hydrogen (secondary N) is 1. The third-order valence-electron chi connectivity index (χ3n) is 5.63. The van der Waals surface area contributed by atoms with Crippen LogP contribution in [-0.4, -0.2) is 36.5 Å². The fourth-order valence-electron chi connectivity index (χ4n) is 4.22. The SMILES string of the molecule is CCCOC(=O)C1=C(C)NC2=C(C(=O)[C@H](C(=O)OC)[C@@H](C)C2)[C@H]1c1ccc(O)cc1. The number of aromatic hydroxyl groups is 1. The average molecular weight is 413 g/mol. The Bertz CT molecular complexity index is 928. The maximum Gasteiger partial charge on any atom is 0.336 e. The molecule has 0 fully saturated rings. The van der Waals surface area contributed by atoms with Crippen LogP contribution in [0.5, 0.6) is 5.75 Å². The third kappa shape index (κ3) is 3.84. The molecule has 1 aromatic rings.